The van der Waals surface area contributed by atoms with Crippen molar-refractivity contribution in [3.8, 4) is 0 Å². The molecular weight excluding hydrogens is 310 g/mol. The van der Waals surface area contributed by atoms with Crippen LogP contribution in [0.5, 0.6) is 0 Å². The molecule has 1 saturated heterocycles. The summed E-state index contributed by atoms with van der Waals surface area (Å²) in [6, 6.07) is 15.0. The van der Waals surface area contributed by atoms with Crippen LogP contribution in [0.15, 0.2) is 48.8 Å². The van der Waals surface area contributed by atoms with E-state index in [2.05, 4.69) is 57.4 Å². The van der Waals surface area contributed by atoms with Gasteiger partial charge in [0, 0.05) is 36.3 Å². The molecule has 1 aliphatic rings. The number of hydrogen-bond donors (Lipinski definition) is 1. The monoisotopic (exact) mass is 333 g/mol. The summed E-state index contributed by atoms with van der Waals surface area (Å²) in [6.07, 6.45) is 4.79. The maximum atomic E-state index is 4.72. The van der Waals surface area contributed by atoms with Crippen LogP contribution in [0.1, 0.15) is 25.5 Å². The van der Waals surface area contributed by atoms with Gasteiger partial charge in [0.15, 0.2) is 0 Å². The lowest BCUT2D eigenvalue weighted by Crippen LogP contribution is -2.39. The molecule has 2 aromatic heterocycles. The number of piperidine rings is 1. The van der Waals surface area contributed by atoms with E-state index in [0.717, 1.165) is 55.2 Å². The fourth-order valence-corrected chi connectivity index (χ4v) is 3.36. The van der Waals surface area contributed by atoms with Gasteiger partial charge in [0.05, 0.1) is 5.52 Å². The van der Waals surface area contributed by atoms with Crippen molar-refractivity contribution in [3.63, 3.8) is 0 Å². The Morgan fingerprint density at radius 3 is 2.76 bits per heavy atom. The lowest BCUT2D eigenvalue weighted by Gasteiger charge is -2.33. The molecule has 0 unspecified atom stereocenters. The smallest absolute Gasteiger partial charge is 0.132 e. The van der Waals surface area contributed by atoms with Crippen molar-refractivity contribution >= 4 is 22.5 Å². The minimum absolute atomic E-state index is 0.456. The number of aromatic nitrogens is 3. The van der Waals surface area contributed by atoms with E-state index in [4.69, 9.17) is 4.98 Å². The fourth-order valence-electron chi connectivity index (χ4n) is 3.36. The zero-order valence-electron chi connectivity index (χ0n) is 14.5. The van der Waals surface area contributed by atoms with Crippen LogP contribution in [0.4, 0.5) is 11.6 Å². The number of anilines is 2. The van der Waals surface area contributed by atoms with E-state index in [1.165, 1.54) is 5.39 Å². The van der Waals surface area contributed by atoms with Crippen molar-refractivity contribution in [1.82, 2.24) is 15.0 Å². The topological polar surface area (TPSA) is 53.9 Å². The van der Waals surface area contributed by atoms with Gasteiger partial charge in [-0.25, -0.2) is 15.0 Å². The Morgan fingerprint density at radius 1 is 1.08 bits per heavy atom. The third-order valence-corrected chi connectivity index (χ3v) is 4.84. The van der Waals surface area contributed by atoms with Crippen LogP contribution in [-0.4, -0.2) is 34.1 Å². The molecule has 0 atom stereocenters. The first kappa shape index (κ1) is 15.8. The number of pyridine rings is 1. The van der Waals surface area contributed by atoms with E-state index in [1.54, 1.807) is 6.33 Å². The molecule has 1 fully saturated rings. The highest BCUT2D eigenvalue weighted by Gasteiger charge is 2.20. The van der Waals surface area contributed by atoms with Gasteiger partial charge >= 0.3 is 0 Å². The Balaban J connectivity index is 1.39. The number of nitrogens with zero attached hydrogens (tertiary/aromatic N) is 4. The summed E-state index contributed by atoms with van der Waals surface area (Å²) >= 11 is 0. The largest absolute Gasteiger partial charge is 0.367 e. The molecule has 3 aromatic rings. The van der Waals surface area contributed by atoms with Crippen molar-refractivity contribution in [2.45, 2.75) is 32.2 Å². The summed E-state index contributed by atoms with van der Waals surface area (Å²) in [5.41, 5.74) is 2.14. The predicted molar refractivity (Wildman–Crippen MR) is 102 cm³/mol. The minimum atomic E-state index is 0.456. The SMILES string of the molecule is CCc1cc(N2CCC(Nc3ccc4ccccc4n3)CC2)ncn1. The Labute approximate surface area is 148 Å². The van der Waals surface area contributed by atoms with Gasteiger partial charge in [0.2, 0.25) is 0 Å². The first-order valence-electron chi connectivity index (χ1n) is 9.00. The quantitative estimate of drug-likeness (QED) is 0.789. The molecule has 5 nitrogen and oxygen atoms in total. The first-order valence-corrected chi connectivity index (χ1v) is 9.00. The molecule has 0 radical (unpaired) electrons. The molecule has 0 spiro atoms. The van der Waals surface area contributed by atoms with E-state index >= 15 is 0 Å². The number of para-hydroxylation sites is 1. The van der Waals surface area contributed by atoms with Gasteiger partial charge in [0.1, 0.15) is 18.0 Å². The Bertz CT molecular complexity index is 855. The van der Waals surface area contributed by atoms with Gasteiger partial charge in [-0.15, -0.1) is 0 Å². The molecular formula is C20H23N5. The number of hydrogen-bond acceptors (Lipinski definition) is 5. The molecule has 0 saturated carbocycles. The number of aryl methyl sites for hydroxylation is 1. The van der Waals surface area contributed by atoms with Crippen LogP contribution < -0.4 is 10.2 Å². The number of rotatable bonds is 4. The lowest BCUT2D eigenvalue weighted by atomic mass is 10.0. The molecule has 4 rings (SSSR count). The van der Waals surface area contributed by atoms with Gasteiger partial charge in [-0.2, -0.15) is 0 Å². The molecule has 1 aromatic carbocycles. The molecule has 0 aliphatic carbocycles. The van der Waals surface area contributed by atoms with E-state index in [9.17, 15) is 0 Å². The third kappa shape index (κ3) is 3.55. The summed E-state index contributed by atoms with van der Waals surface area (Å²) in [5, 5.41) is 4.78. The van der Waals surface area contributed by atoms with Crippen molar-refractivity contribution in [1.29, 1.82) is 0 Å². The minimum Gasteiger partial charge on any atom is -0.367 e. The van der Waals surface area contributed by atoms with E-state index in [1.807, 2.05) is 12.1 Å². The molecule has 0 amide bonds. The number of benzene rings is 1. The van der Waals surface area contributed by atoms with Crippen molar-refractivity contribution in [2.75, 3.05) is 23.3 Å². The normalized spacial score (nSPS) is 15.5. The second-order valence-corrected chi connectivity index (χ2v) is 6.52. The van der Waals surface area contributed by atoms with Crippen molar-refractivity contribution in [2.24, 2.45) is 0 Å². The van der Waals surface area contributed by atoms with Crippen LogP contribution in [-0.2, 0) is 6.42 Å². The van der Waals surface area contributed by atoms with E-state index in [-0.39, 0.29) is 0 Å². The molecule has 25 heavy (non-hydrogen) atoms. The zero-order chi connectivity index (χ0) is 17.1. The second-order valence-electron chi connectivity index (χ2n) is 6.52. The predicted octanol–water partition coefficient (Wildman–Crippen LogP) is 3.67. The Hall–Kier alpha value is -2.69. The molecule has 1 N–H and O–H groups in total. The zero-order valence-corrected chi connectivity index (χ0v) is 14.5. The van der Waals surface area contributed by atoms with E-state index < -0.39 is 0 Å². The lowest BCUT2D eigenvalue weighted by molar-refractivity contribution is 0.522. The van der Waals surface area contributed by atoms with Crippen molar-refractivity contribution in [3.05, 3.63) is 54.5 Å². The van der Waals surface area contributed by atoms with Crippen LogP contribution in [0, 0.1) is 0 Å². The standard InChI is InChI=1S/C20H23N5/c1-2-16-13-20(22-14-21-16)25-11-9-17(10-12-25)23-19-8-7-15-5-3-4-6-18(15)24-19/h3-8,13-14,17H,2,9-12H2,1H3,(H,23,24). The average molecular weight is 333 g/mol. The second kappa shape index (κ2) is 7.05. The van der Waals surface area contributed by atoms with Gasteiger partial charge < -0.3 is 10.2 Å². The van der Waals surface area contributed by atoms with Gasteiger partial charge in [-0.05, 0) is 37.5 Å². The molecule has 3 heterocycles. The van der Waals surface area contributed by atoms with Gasteiger partial charge in [-0.3, -0.25) is 0 Å². The summed E-state index contributed by atoms with van der Waals surface area (Å²) in [6.45, 7) is 4.13. The Kier molecular flexibility index (Phi) is 4.46. The average Bonchev–Trinajstić information content (AvgIpc) is 2.68. The number of fused-ring (bicyclic) bond motifs is 1. The number of nitrogens with one attached hydrogen (secondary N) is 1. The van der Waals surface area contributed by atoms with Crippen LogP contribution in [0.2, 0.25) is 0 Å². The van der Waals surface area contributed by atoms with Crippen LogP contribution in [0.25, 0.3) is 10.9 Å². The Morgan fingerprint density at radius 2 is 1.92 bits per heavy atom. The highest BCUT2D eigenvalue weighted by molar-refractivity contribution is 5.80. The highest BCUT2D eigenvalue weighted by atomic mass is 15.2. The maximum Gasteiger partial charge on any atom is 0.132 e. The molecule has 1 aliphatic heterocycles. The molecule has 5 heteroatoms. The van der Waals surface area contributed by atoms with Crippen LogP contribution in [0.3, 0.4) is 0 Å². The maximum absolute atomic E-state index is 4.72. The molecule has 128 valence electrons. The molecule has 0 bridgehead atoms. The van der Waals surface area contributed by atoms with Crippen LogP contribution >= 0.6 is 0 Å². The third-order valence-electron chi connectivity index (χ3n) is 4.84. The highest BCUT2D eigenvalue weighted by Crippen LogP contribution is 2.21. The van der Waals surface area contributed by atoms with Gasteiger partial charge in [-0.1, -0.05) is 25.1 Å². The fraction of sp³-hybridized carbons (Fsp3) is 0.350. The summed E-state index contributed by atoms with van der Waals surface area (Å²) in [7, 11) is 0. The summed E-state index contributed by atoms with van der Waals surface area (Å²) in [5.74, 6) is 2.02. The van der Waals surface area contributed by atoms with Crippen molar-refractivity contribution < 1.29 is 0 Å². The summed E-state index contributed by atoms with van der Waals surface area (Å²) in [4.78, 5) is 15.8. The summed E-state index contributed by atoms with van der Waals surface area (Å²) < 4.78 is 0. The first-order chi connectivity index (χ1) is 12.3. The van der Waals surface area contributed by atoms with E-state index in [0.29, 0.717) is 6.04 Å². The van der Waals surface area contributed by atoms with Gasteiger partial charge in [0.25, 0.3) is 0 Å².